The molecule has 4 nitrogen and oxygen atoms in total. The second kappa shape index (κ2) is 5.80. The molecule has 1 aliphatic rings. The van der Waals surface area contributed by atoms with Crippen LogP contribution in [0.4, 0.5) is 13.2 Å². The van der Waals surface area contributed by atoms with Gasteiger partial charge in [0.25, 0.3) is 0 Å². The Hall–Kier alpha value is -1.41. The molecule has 0 saturated heterocycles. The maximum Gasteiger partial charge on any atom is 0.449 e. The average molecular weight is 371 g/mol. The summed E-state index contributed by atoms with van der Waals surface area (Å²) in [4.78, 5) is 7.69. The highest BCUT2D eigenvalue weighted by atomic mass is 28.4. The van der Waals surface area contributed by atoms with Crippen LogP contribution in [0.2, 0.25) is 18.1 Å². The van der Waals surface area contributed by atoms with Crippen molar-refractivity contribution in [3.63, 3.8) is 0 Å². The van der Waals surface area contributed by atoms with E-state index in [-0.39, 0.29) is 22.8 Å². The summed E-state index contributed by atoms with van der Waals surface area (Å²) in [6, 6.07) is 3.04. The zero-order valence-corrected chi connectivity index (χ0v) is 16.2. The van der Waals surface area contributed by atoms with Gasteiger partial charge in [0.05, 0.1) is 5.52 Å². The molecule has 2 aromatic heterocycles. The number of alkyl halides is 3. The van der Waals surface area contributed by atoms with Gasteiger partial charge in [-0.2, -0.15) is 13.2 Å². The van der Waals surface area contributed by atoms with Crippen molar-refractivity contribution >= 4 is 19.5 Å². The molecule has 0 N–H and O–H groups in total. The summed E-state index contributed by atoms with van der Waals surface area (Å²) in [7, 11) is -1.92. The fourth-order valence-corrected chi connectivity index (χ4v) is 4.32. The minimum atomic E-state index is -4.49. The summed E-state index contributed by atoms with van der Waals surface area (Å²) in [6.07, 6.45) is -1.86. The van der Waals surface area contributed by atoms with E-state index in [4.69, 9.17) is 4.43 Å². The fourth-order valence-electron chi connectivity index (χ4n) is 2.94. The number of fused-ring (bicyclic) bond motifs is 1. The molecule has 0 aromatic carbocycles. The molecule has 0 atom stereocenters. The lowest BCUT2D eigenvalue weighted by molar-refractivity contribution is -0.149. The third kappa shape index (κ3) is 3.33. The number of halogens is 3. The van der Waals surface area contributed by atoms with E-state index >= 15 is 0 Å². The first-order chi connectivity index (χ1) is 11.4. The van der Waals surface area contributed by atoms with Crippen LogP contribution in [0, 0.1) is 0 Å². The van der Waals surface area contributed by atoms with Gasteiger partial charge < -0.3 is 8.99 Å². The second-order valence-corrected chi connectivity index (χ2v) is 13.0. The maximum atomic E-state index is 13.4. The second-order valence-electron chi connectivity index (χ2n) is 8.27. The van der Waals surface area contributed by atoms with Crippen molar-refractivity contribution < 1.29 is 17.6 Å². The molecular formula is C17H24F3N3OSi-. The van der Waals surface area contributed by atoms with Crippen molar-refractivity contribution in [3.8, 4) is 0 Å². The highest BCUT2D eigenvalue weighted by molar-refractivity contribution is 6.74. The number of hydrogen-bond acceptors (Lipinski definition) is 3. The molecule has 0 aliphatic heterocycles. The van der Waals surface area contributed by atoms with E-state index in [1.54, 1.807) is 12.1 Å². The van der Waals surface area contributed by atoms with Crippen molar-refractivity contribution in [3.05, 3.63) is 24.2 Å². The summed E-state index contributed by atoms with van der Waals surface area (Å²) in [5.74, 6) is -0.864. The van der Waals surface area contributed by atoms with Crippen molar-refractivity contribution in [2.24, 2.45) is 0 Å². The predicted molar refractivity (Wildman–Crippen MR) is 92.9 cm³/mol. The van der Waals surface area contributed by atoms with Crippen LogP contribution in [-0.2, 0) is 10.6 Å². The fraction of sp³-hybridized carbons (Fsp3) is 0.647. The lowest BCUT2D eigenvalue weighted by atomic mass is 9.89. The molecule has 2 aromatic rings. The van der Waals surface area contributed by atoms with Crippen molar-refractivity contribution in [2.45, 2.75) is 70.1 Å². The van der Waals surface area contributed by atoms with E-state index in [0.717, 1.165) is 0 Å². The Balaban J connectivity index is 1.83. The van der Waals surface area contributed by atoms with Crippen LogP contribution in [-0.4, -0.2) is 29.0 Å². The summed E-state index contributed by atoms with van der Waals surface area (Å²) in [5.41, 5.74) is 0.578. The van der Waals surface area contributed by atoms with Crippen LogP contribution >= 0.6 is 0 Å². The summed E-state index contributed by atoms with van der Waals surface area (Å²) in [6.45, 7) is 10.8. The third-order valence-corrected chi connectivity index (χ3v) is 9.96. The van der Waals surface area contributed by atoms with Gasteiger partial charge >= 0.3 is 6.18 Å². The zero-order chi connectivity index (χ0) is 18.6. The van der Waals surface area contributed by atoms with Gasteiger partial charge in [-0.1, -0.05) is 20.8 Å². The van der Waals surface area contributed by atoms with Crippen molar-refractivity contribution in [2.75, 3.05) is 0 Å². The summed E-state index contributed by atoms with van der Waals surface area (Å²) < 4.78 is 47.8. The SMILES string of the molecule is CC(C)(C)[Si-](C)(C)OC1CC(n2c(C(F)(F)F)nc3ncccc32)C1. The molecule has 0 unspecified atom stereocenters. The van der Waals surface area contributed by atoms with Gasteiger partial charge in [0.1, 0.15) is 0 Å². The van der Waals surface area contributed by atoms with Gasteiger partial charge in [0.15, 0.2) is 5.65 Å². The summed E-state index contributed by atoms with van der Waals surface area (Å²) >= 11 is 0. The van der Waals surface area contributed by atoms with Crippen LogP contribution in [0.1, 0.15) is 45.5 Å². The van der Waals surface area contributed by atoms with E-state index in [1.165, 1.54) is 10.8 Å². The molecule has 8 heteroatoms. The predicted octanol–water partition coefficient (Wildman–Crippen LogP) is 5.18. The minimum Gasteiger partial charge on any atom is -0.562 e. The minimum absolute atomic E-state index is 0.0149. The molecule has 139 valence electrons. The Kier molecular flexibility index (Phi) is 4.27. The number of hydrogen-bond donors (Lipinski definition) is 0. The first kappa shape index (κ1) is 18.4. The van der Waals surface area contributed by atoms with Crippen molar-refractivity contribution in [1.29, 1.82) is 0 Å². The average Bonchev–Trinajstić information content (AvgIpc) is 2.80. The zero-order valence-electron chi connectivity index (χ0n) is 15.2. The van der Waals surface area contributed by atoms with E-state index < -0.39 is 20.3 Å². The largest absolute Gasteiger partial charge is 0.562 e. The molecular weight excluding hydrogens is 347 g/mol. The first-order valence-corrected chi connectivity index (χ1v) is 11.4. The topological polar surface area (TPSA) is 39.9 Å². The maximum absolute atomic E-state index is 13.4. The number of imidazole rings is 1. The quantitative estimate of drug-likeness (QED) is 0.698. The molecule has 0 amide bonds. The van der Waals surface area contributed by atoms with Gasteiger partial charge in [-0.3, -0.25) is 0 Å². The van der Waals surface area contributed by atoms with Crippen LogP contribution in [0.5, 0.6) is 0 Å². The molecule has 0 spiro atoms. The smallest absolute Gasteiger partial charge is 0.449 e. The van der Waals surface area contributed by atoms with Crippen LogP contribution in [0.25, 0.3) is 11.2 Å². The molecule has 0 radical (unpaired) electrons. The Labute approximate surface area is 146 Å². The molecule has 1 aliphatic carbocycles. The van der Waals surface area contributed by atoms with Crippen LogP contribution in [0.15, 0.2) is 18.3 Å². The monoisotopic (exact) mass is 371 g/mol. The molecule has 1 saturated carbocycles. The van der Waals surface area contributed by atoms with Gasteiger partial charge in [-0.25, -0.2) is 9.97 Å². The number of nitrogens with zero attached hydrogens (tertiary/aromatic N) is 3. The molecule has 25 heavy (non-hydrogen) atoms. The number of pyridine rings is 1. The summed E-state index contributed by atoms with van der Waals surface area (Å²) in [5, 5.41) is 0.0842. The highest BCUT2D eigenvalue weighted by Gasteiger charge is 2.43. The van der Waals surface area contributed by atoms with Gasteiger partial charge in [-0.05, 0) is 33.3 Å². The number of rotatable bonds is 3. The number of aromatic nitrogens is 3. The highest BCUT2D eigenvalue weighted by Crippen LogP contribution is 2.45. The van der Waals surface area contributed by atoms with Crippen LogP contribution in [0.3, 0.4) is 0 Å². The van der Waals surface area contributed by atoms with E-state index in [0.29, 0.717) is 18.4 Å². The van der Waals surface area contributed by atoms with Gasteiger partial charge in [0, 0.05) is 18.3 Å². The third-order valence-electron chi connectivity index (χ3n) is 5.42. The molecule has 3 rings (SSSR count). The molecule has 0 bridgehead atoms. The standard InChI is InChI=1S/C17H24F3N3OSi/c1-16(2,3)25(4,5)24-12-9-11(10-12)23-13-7-6-8-21-14(13)22-15(23)17(18,19)20/h6-8,11-12H,9-10H2,1-5H3/q-1. The van der Waals surface area contributed by atoms with Crippen molar-refractivity contribution in [1.82, 2.24) is 14.5 Å². The first-order valence-electron chi connectivity index (χ1n) is 8.48. The normalized spacial score (nSPS) is 22.2. The lowest BCUT2D eigenvalue weighted by Gasteiger charge is -2.54. The van der Waals surface area contributed by atoms with Gasteiger partial charge in [0.2, 0.25) is 5.82 Å². The Morgan fingerprint density at radius 3 is 2.40 bits per heavy atom. The Morgan fingerprint density at radius 2 is 1.84 bits per heavy atom. The Morgan fingerprint density at radius 1 is 1.20 bits per heavy atom. The Bertz CT molecular complexity index is 774. The lowest BCUT2D eigenvalue weighted by Crippen LogP contribution is -2.48. The van der Waals surface area contributed by atoms with Crippen LogP contribution < -0.4 is 0 Å². The molecule has 2 heterocycles. The van der Waals surface area contributed by atoms with Gasteiger partial charge in [-0.15, -0.1) is 18.1 Å². The van der Waals surface area contributed by atoms with E-state index in [1.807, 2.05) is 0 Å². The van der Waals surface area contributed by atoms with E-state index in [2.05, 4.69) is 43.8 Å². The molecule has 1 fully saturated rings. The van der Waals surface area contributed by atoms with E-state index in [9.17, 15) is 13.2 Å².